The van der Waals surface area contributed by atoms with Gasteiger partial charge in [-0.3, -0.25) is 0 Å². The third-order valence-corrected chi connectivity index (χ3v) is 4.39. The normalized spacial score (nSPS) is 16.6. The van der Waals surface area contributed by atoms with E-state index >= 15 is 0 Å². The van der Waals surface area contributed by atoms with E-state index in [0.717, 1.165) is 12.8 Å². The summed E-state index contributed by atoms with van der Waals surface area (Å²) in [5.74, 6) is 0. The van der Waals surface area contributed by atoms with Crippen molar-refractivity contribution < 1.29 is 8.42 Å². The van der Waals surface area contributed by atoms with Crippen molar-refractivity contribution in [1.82, 2.24) is 4.72 Å². The summed E-state index contributed by atoms with van der Waals surface area (Å²) >= 11 is 3.20. The lowest BCUT2D eigenvalue weighted by molar-refractivity contribution is 0.581. The number of hydrogen-bond acceptors (Lipinski definition) is 3. The summed E-state index contributed by atoms with van der Waals surface area (Å²) in [5, 5.41) is 0. The molecule has 0 atom stereocenters. The number of nitrogen functional groups attached to an aromatic ring is 1. The van der Waals surface area contributed by atoms with E-state index in [1.54, 1.807) is 6.07 Å². The monoisotopic (exact) mass is 290 g/mol. The minimum atomic E-state index is -3.37. The summed E-state index contributed by atoms with van der Waals surface area (Å²) < 4.78 is 26.7. The molecule has 0 aliphatic heterocycles. The van der Waals surface area contributed by atoms with Gasteiger partial charge in [-0.2, -0.15) is 0 Å². The zero-order valence-corrected chi connectivity index (χ0v) is 10.3. The highest BCUT2D eigenvalue weighted by atomic mass is 79.9. The van der Waals surface area contributed by atoms with Crippen LogP contribution in [0.4, 0.5) is 5.69 Å². The van der Waals surface area contributed by atoms with Crippen LogP contribution in [0.5, 0.6) is 0 Å². The van der Waals surface area contributed by atoms with Crippen LogP contribution in [0, 0.1) is 0 Å². The Morgan fingerprint density at radius 1 is 1.40 bits per heavy atom. The van der Waals surface area contributed by atoms with Gasteiger partial charge in [-0.15, -0.1) is 0 Å². The molecule has 3 N–H and O–H groups in total. The van der Waals surface area contributed by atoms with Crippen molar-refractivity contribution in [3.63, 3.8) is 0 Å². The van der Waals surface area contributed by atoms with Gasteiger partial charge in [-0.05, 0) is 47.0 Å². The third-order valence-electron chi connectivity index (χ3n) is 2.18. The van der Waals surface area contributed by atoms with Crippen molar-refractivity contribution in [2.45, 2.75) is 23.8 Å². The van der Waals surface area contributed by atoms with Crippen LogP contribution in [0.3, 0.4) is 0 Å². The van der Waals surface area contributed by atoms with E-state index in [4.69, 9.17) is 5.73 Å². The lowest BCUT2D eigenvalue weighted by atomic mass is 10.3. The molecule has 1 aliphatic carbocycles. The van der Waals surface area contributed by atoms with E-state index < -0.39 is 10.0 Å². The molecule has 0 saturated heterocycles. The molecule has 1 aromatic carbocycles. The second kappa shape index (κ2) is 3.77. The predicted octanol–water partition coefficient (Wildman–Crippen LogP) is 1.47. The molecule has 0 amide bonds. The Morgan fingerprint density at radius 2 is 2.07 bits per heavy atom. The molecule has 0 radical (unpaired) electrons. The number of benzene rings is 1. The van der Waals surface area contributed by atoms with Crippen LogP contribution in [0.25, 0.3) is 0 Å². The molecule has 0 aromatic heterocycles. The maximum absolute atomic E-state index is 11.8. The smallest absolute Gasteiger partial charge is 0.240 e. The second-order valence-corrected chi connectivity index (χ2v) is 6.15. The Balaban J connectivity index is 2.31. The van der Waals surface area contributed by atoms with Crippen LogP contribution in [0.15, 0.2) is 27.6 Å². The first-order valence-electron chi connectivity index (χ1n) is 4.56. The Morgan fingerprint density at radius 3 is 2.60 bits per heavy atom. The standard InChI is InChI=1S/C9H11BrN2O2S/c10-8-5-7(3-4-9(8)11)15(13,14)12-6-1-2-6/h3-6,12H,1-2,11H2. The first-order chi connectivity index (χ1) is 6.99. The Kier molecular flexibility index (Phi) is 2.74. The molecular formula is C9H11BrN2O2S. The number of nitrogens with one attached hydrogen (secondary N) is 1. The van der Waals surface area contributed by atoms with Crippen LogP contribution in [0.1, 0.15) is 12.8 Å². The molecule has 1 aromatic rings. The van der Waals surface area contributed by atoms with Crippen LogP contribution in [0.2, 0.25) is 0 Å². The molecule has 1 saturated carbocycles. The van der Waals surface area contributed by atoms with Crippen LogP contribution in [-0.2, 0) is 10.0 Å². The number of nitrogens with two attached hydrogens (primary N) is 1. The SMILES string of the molecule is Nc1ccc(S(=O)(=O)NC2CC2)cc1Br. The summed E-state index contributed by atoms with van der Waals surface area (Å²) in [6, 6.07) is 4.71. The Bertz CT molecular complexity index is 483. The van der Waals surface area contributed by atoms with E-state index in [1.807, 2.05) is 0 Å². The maximum Gasteiger partial charge on any atom is 0.240 e. The molecule has 4 nitrogen and oxygen atoms in total. The van der Waals surface area contributed by atoms with Gasteiger partial charge in [0.25, 0.3) is 0 Å². The largest absolute Gasteiger partial charge is 0.398 e. The lowest BCUT2D eigenvalue weighted by Gasteiger charge is -2.06. The van der Waals surface area contributed by atoms with Crippen LogP contribution in [-0.4, -0.2) is 14.5 Å². The molecule has 82 valence electrons. The average Bonchev–Trinajstić information content (AvgIpc) is 2.92. The minimum Gasteiger partial charge on any atom is -0.398 e. The number of sulfonamides is 1. The van der Waals surface area contributed by atoms with Crippen molar-refractivity contribution in [3.05, 3.63) is 22.7 Å². The first-order valence-corrected chi connectivity index (χ1v) is 6.84. The molecule has 0 unspecified atom stereocenters. The highest BCUT2D eigenvalue weighted by Crippen LogP contribution is 2.25. The molecule has 0 heterocycles. The average molecular weight is 291 g/mol. The first kappa shape index (κ1) is 10.9. The second-order valence-electron chi connectivity index (χ2n) is 3.58. The summed E-state index contributed by atoms with van der Waals surface area (Å²) in [7, 11) is -3.37. The summed E-state index contributed by atoms with van der Waals surface area (Å²) in [6.07, 6.45) is 1.85. The number of hydrogen-bond donors (Lipinski definition) is 2. The van der Waals surface area contributed by atoms with E-state index in [1.165, 1.54) is 12.1 Å². The van der Waals surface area contributed by atoms with Gasteiger partial charge in [-0.1, -0.05) is 0 Å². The number of rotatable bonds is 3. The topological polar surface area (TPSA) is 72.2 Å². The molecule has 0 bridgehead atoms. The van der Waals surface area contributed by atoms with E-state index in [9.17, 15) is 8.42 Å². The van der Waals surface area contributed by atoms with Gasteiger partial charge in [0, 0.05) is 16.2 Å². The van der Waals surface area contributed by atoms with Crippen molar-refractivity contribution in [2.24, 2.45) is 0 Å². The molecule has 1 aliphatic rings. The third kappa shape index (κ3) is 2.50. The fourth-order valence-electron chi connectivity index (χ4n) is 1.16. The van der Waals surface area contributed by atoms with Crippen molar-refractivity contribution in [3.8, 4) is 0 Å². The molecular weight excluding hydrogens is 280 g/mol. The van der Waals surface area contributed by atoms with Gasteiger partial charge in [0.05, 0.1) is 4.90 Å². The predicted molar refractivity (Wildman–Crippen MR) is 61.9 cm³/mol. The van der Waals surface area contributed by atoms with Gasteiger partial charge < -0.3 is 5.73 Å². The van der Waals surface area contributed by atoms with E-state index in [-0.39, 0.29) is 10.9 Å². The fraction of sp³-hybridized carbons (Fsp3) is 0.333. The molecule has 1 fully saturated rings. The molecule has 6 heteroatoms. The highest BCUT2D eigenvalue weighted by molar-refractivity contribution is 9.10. The van der Waals surface area contributed by atoms with Crippen LogP contribution >= 0.6 is 15.9 Å². The maximum atomic E-state index is 11.8. The van der Waals surface area contributed by atoms with E-state index in [2.05, 4.69) is 20.7 Å². The Labute approximate surface area is 97.0 Å². The highest BCUT2D eigenvalue weighted by Gasteiger charge is 2.28. The fourth-order valence-corrected chi connectivity index (χ4v) is 3.02. The van der Waals surface area contributed by atoms with Crippen molar-refractivity contribution >= 4 is 31.6 Å². The molecule has 15 heavy (non-hydrogen) atoms. The minimum absolute atomic E-state index is 0.117. The summed E-state index contributed by atoms with van der Waals surface area (Å²) in [5.41, 5.74) is 6.11. The van der Waals surface area contributed by atoms with Gasteiger partial charge in [0.15, 0.2) is 0 Å². The Hall–Kier alpha value is -0.590. The number of anilines is 1. The molecule has 0 spiro atoms. The quantitative estimate of drug-likeness (QED) is 0.828. The van der Waals surface area contributed by atoms with Crippen LogP contribution < -0.4 is 10.5 Å². The van der Waals surface area contributed by atoms with Gasteiger partial charge in [0.1, 0.15) is 0 Å². The van der Waals surface area contributed by atoms with Gasteiger partial charge in [-0.25, -0.2) is 13.1 Å². The lowest BCUT2D eigenvalue weighted by Crippen LogP contribution is -2.25. The molecule has 2 rings (SSSR count). The number of halogens is 1. The van der Waals surface area contributed by atoms with Crippen molar-refractivity contribution in [2.75, 3.05) is 5.73 Å². The summed E-state index contributed by atoms with van der Waals surface area (Å²) in [4.78, 5) is 0.246. The zero-order chi connectivity index (χ0) is 11.1. The van der Waals surface area contributed by atoms with Gasteiger partial charge >= 0.3 is 0 Å². The zero-order valence-electron chi connectivity index (χ0n) is 7.90. The van der Waals surface area contributed by atoms with Gasteiger partial charge in [0.2, 0.25) is 10.0 Å². The van der Waals surface area contributed by atoms with Crippen molar-refractivity contribution in [1.29, 1.82) is 0 Å². The summed E-state index contributed by atoms with van der Waals surface area (Å²) in [6.45, 7) is 0. The van der Waals surface area contributed by atoms with E-state index in [0.29, 0.717) is 10.2 Å².